The van der Waals surface area contributed by atoms with Crippen molar-refractivity contribution < 1.29 is 4.74 Å². The summed E-state index contributed by atoms with van der Waals surface area (Å²) in [6.07, 6.45) is 1.94. The standard InChI is InChI=1S/C22H29NO/c1-5-17-23(4)18-19(3)22(24-6-2,20-13-9-7-10-14-20)21-15-11-8-12-16-21/h5,7-16,19H,1,6,17-18H2,2-4H3. The maximum absolute atomic E-state index is 6.49. The molecule has 2 heteroatoms. The zero-order valence-electron chi connectivity index (χ0n) is 15.1. The molecule has 24 heavy (non-hydrogen) atoms. The molecular formula is C22H29NO. The van der Waals surface area contributed by atoms with Gasteiger partial charge in [-0.2, -0.15) is 0 Å². The summed E-state index contributed by atoms with van der Waals surface area (Å²) in [5, 5.41) is 0. The minimum Gasteiger partial charge on any atom is -0.365 e. The van der Waals surface area contributed by atoms with Gasteiger partial charge in [0.15, 0.2) is 0 Å². The largest absolute Gasteiger partial charge is 0.365 e. The van der Waals surface area contributed by atoms with E-state index in [-0.39, 0.29) is 5.92 Å². The van der Waals surface area contributed by atoms with Gasteiger partial charge in [0, 0.05) is 25.6 Å². The lowest BCUT2D eigenvalue weighted by Crippen LogP contribution is -2.43. The summed E-state index contributed by atoms with van der Waals surface area (Å²) in [6.45, 7) is 10.7. The summed E-state index contributed by atoms with van der Waals surface area (Å²) < 4.78 is 6.49. The first-order chi connectivity index (χ1) is 11.6. The Kier molecular flexibility index (Phi) is 6.77. The fourth-order valence-corrected chi connectivity index (χ4v) is 3.53. The van der Waals surface area contributed by atoms with Crippen molar-refractivity contribution in [3.63, 3.8) is 0 Å². The molecule has 0 amide bonds. The van der Waals surface area contributed by atoms with E-state index in [4.69, 9.17) is 4.74 Å². The molecule has 0 bridgehead atoms. The third kappa shape index (κ3) is 3.95. The van der Waals surface area contributed by atoms with Gasteiger partial charge in [0.25, 0.3) is 0 Å². The molecule has 0 heterocycles. The van der Waals surface area contributed by atoms with Gasteiger partial charge in [-0.25, -0.2) is 0 Å². The molecule has 0 fully saturated rings. The van der Waals surface area contributed by atoms with Gasteiger partial charge in [-0.3, -0.25) is 0 Å². The number of benzene rings is 2. The first-order valence-electron chi connectivity index (χ1n) is 8.69. The lowest BCUT2D eigenvalue weighted by molar-refractivity contribution is -0.0575. The Bertz CT molecular complexity index is 569. The molecule has 2 aromatic rings. The van der Waals surface area contributed by atoms with Gasteiger partial charge in [-0.15, -0.1) is 6.58 Å². The van der Waals surface area contributed by atoms with Crippen LogP contribution in [0.15, 0.2) is 73.3 Å². The number of hydrogen-bond acceptors (Lipinski definition) is 2. The van der Waals surface area contributed by atoms with Crippen LogP contribution < -0.4 is 0 Å². The molecule has 0 spiro atoms. The molecule has 2 nitrogen and oxygen atoms in total. The molecule has 0 saturated carbocycles. The van der Waals surface area contributed by atoms with Crippen LogP contribution in [0.1, 0.15) is 25.0 Å². The molecular weight excluding hydrogens is 294 g/mol. The maximum Gasteiger partial charge on any atom is 0.122 e. The quantitative estimate of drug-likeness (QED) is 0.619. The predicted octanol–water partition coefficient (Wildman–Crippen LogP) is 4.72. The van der Waals surface area contributed by atoms with Crippen LogP contribution in [-0.4, -0.2) is 31.6 Å². The van der Waals surface area contributed by atoms with E-state index in [0.29, 0.717) is 6.61 Å². The van der Waals surface area contributed by atoms with Crippen molar-refractivity contribution in [2.24, 2.45) is 5.92 Å². The summed E-state index contributed by atoms with van der Waals surface area (Å²) >= 11 is 0. The van der Waals surface area contributed by atoms with E-state index in [1.54, 1.807) is 0 Å². The van der Waals surface area contributed by atoms with E-state index in [2.05, 4.69) is 93.0 Å². The fourth-order valence-electron chi connectivity index (χ4n) is 3.53. The van der Waals surface area contributed by atoms with Crippen molar-refractivity contribution in [1.29, 1.82) is 0 Å². The third-order valence-electron chi connectivity index (χ3n) is 4.50. The van der Waals surface area contributed by atoms with E-state index in [1.807, 2.05) is 6.08 Å². The van der Waals surface area contributed by atoms with Crippen molar-refractivity contribution in [1.82, 2.24) is 4.90 Å². The summed E-state index contributed by atoms with van der Waals surface area (Å²) in [4.78, 5) is 2.29. The average molecular weight is 323 g/mol. The fraction of sp³-hybridized carbons (Fsp3) is 0.364. The molecule has 1 atom stereocenters. The van der Waals surface area contributed by atoms with Crippen LogP contribution >= 0.6 is 0 Å². The highest BCUT2D eigenvalue weighted by atomic mass is 16.5. The predicted molar refractivity (Wildman–Crippen MR) is 102 cm³/mol. The topological polar surface area (TPSA) is 12.5 Å². The number of hydrogen-bond donors (Lipinski definition) is 0. The second kappa shape index (κ2) is 8.81. The molecule has 2 rings (SSSR count). The number of nitrogens with zero attached hydrogens (tertiary/aromatic N) is 1. The van der Waals surface area contributed by atoms with Crippen LogP contribution in [0.2, 0.25) is 0 Å². The van der Waals surface area contributed by atoms with Crippen molar-refractivity contribution in [3.8, 4) is 0 Å². The Morgan fingerprint density at radius 2 is 1.54 bits per heavy atom. The van der Waals surface area contributed by atoms with Crippen molar-refractivity contribution >= 4 is 0 Å². The lowest BCUT2D eigenvalue weighted by Gasteiger charge is -2.41. The Hall–Kier alpha value is -1.90. The first-order valence-corrected chi connectivity index (χ1v) is 8.69. The van der Waals surface area contributed by atoms with Gasteiger partial charge < -0.3 is 9.64 Å². The van der Waals surface area contributed by atoms with Crippen LogP contribution in [0.5, 0.6) is 0 Å². The maximum atomic E-state index is 6.49. The third-order valence-corrected chi connectivity index (χ3v) is 4.50. The minimum atomic E-state index is -0.452. The molecule has 0 N–H and O–H groups in total. The van der Waals surface area contributed by atoms with E-state index >= 15 is 0 Å². The monoisotopic (exact) mass is 323 g/mol. The average Bonchev–Trinajstić information content (AvgIpc) is 2.61. The molecule has 0 aliphatic rings. The van der Waals surface area contributed by atoms with Crippen molar-refractivity contribution in [2.45, 2.75) is 19.4 Å². The van der Waals surface area contributed by atoms with Crippen LogP contribution in [0.3, 0.4) is 0 Å². The Morgan fingerprint density at radius 1 is 1.04 bits per heavy atom. The molecule has 0 aliphatic carbocycles. The highest BCUT2D eigenvalue weighted by Crippen LogP contribution is 2.40. The normalized spacial score (nSPS) is 13.0. The molecule has 1 unspecified atom stereocenters. The van der Waals surface area contributed by atoms with E-state index in [1.165, 1.54) is 11.1 Å². The second-order valence-electron chi connectivity index (χ2n) is 6.31. The SMILES string of the molecule is C=CCN(C)CC(C)C(OCC)(c1ccccc1)c1ccccc1. The van der Waals surface area contributed by atoms with Crippen LogP contribution in [0.4, 0.5) is 0 Å². The number of rotatable bonds is 9. The van der Waals surface area contributed by atoms with Crippen molar-refractivity contribution in [2.75, 3.05) is 26.7 Å². The molecule has 0 aromatic heterocycles. The van der Waals surface area contributed by atoms with E-state index in [0.717, 1.165) is 13.1 Å². The van der Waals surface area contributed by atoms with Crippen molar-refractivity contribution in [3.05, 3.63) is 84.4 Å². The van der Waals surface area contributed by atoms with E-state index in [9.17, 15) is 0 Å². The molecule has 0 aliphatic heterocycles. The zero-order valence-corrected chi connectivity index (χ0v) is 15.1. The minimum absolute atomic E-state index is 0.284. The number of ether oxygens (including phenoxy) is 1. The molecule has 0 saturated heterocycles. The van der Waals surface area contributed by atoms with Crippen LogP contribution in [0, 0.1) is 5.92 Å². The molecule has 2 aromatic carbocycles. The highest BCUT2D eigenvalue weighted by molar-refractivity contribution is 5.37. The Labute approximate surface area is 146 Å². The summed E-state index contributed by atoms with van der Waals surface area (Å²) in [6, 6.07) is 21.2. The van der Waals surface area contributed by atoms with Gasteiger partial charge in [0.2, 0.25) is 0 Å². The second-order valence-corrected chi connectivity index (χ2v) is 6.31. The Balaban J connectivity index is 2.52. The Morgan fingerprint density at radius 3 is 1.96 bits per heavy atom. The lowest BCUT2D eigenvalue weighted by atomic mass is 9.76. The van der Waals surface area contributed by atoms with Gasteiger partial charge >= 0.3 is 0 Å². The zero-order chi connectivity index (χ0) is 17.4. The van der Waals surface area contributed by atoms with Crippen LogP contribution in [-0.2, 0) is 10.3 Å². The summed E-state index contributed by atoms with van der Waals surface area (Å²) in [5.74, 6) is 0.284. The van der Waals surface area contributed by atoms with Crippen LogP contribution in [0.25, 0.3) is 0 Å². The smallest absolute Gasteiger partial charge is 0.122 e. The van der Waals surface area contributed by atoms with Gasteiger partial charge in [0.1, 0.15) is 5.60 Å². The first kappa shape index (κ1) is 18.4. The van der Waals surface area contributed by atoms with E-state index < -0.39 is 5.60 Å². The highest BCUT2D eigenvalue weighted by Gasteiger charge is 2.40. The van der Waals surface area contributed by atoms with Gasteiger partial charge in [-0.1, -0.05) is 73.7 Å². The summed E-state index contributed by atoms with van der Waals surface area (Å²) in [7, 11) is 2.13. The summed E-state index contributed by atoms with van der Waals surface area (Å²) in [5.41, 5.74) is 1.96. The van der Waals surface area contributed by atoms with Gasteiger partial charge in [0.05, 0.1) is 0 Å². The molecule has 0 radical (unpaired) electrons. The molecule has 128 valence electrons. The van der Waals surface area contributed by atoms with Gasteiger partial charge in [-0.05, 0) is 25.1 Å². The number of likely N-dealkylation sites (N-methyl/N-ethyl adjacent to an activating group) is 1.